The molecule has 5 nitrogen and oxygen atoms in total. The molecule has 128 valence electrons. The number of nitrogens with zero attached hydrogens (tertiary/aromatic N) is 2. The first-order chi connectivity index (χ1) is 12.1. The predicted octanol–water partition coefficient (Wildman–Crippen LogP) is 3.38. The topological polar surface area (TPSA) is 58.2 Å². The highest BCUT2D eigenvalue weighted by Gasteiger charge is 2.09. The molecule has 2 aromatic carbocycles. The number of likely N-dealkylation sites (N-methyl/N-ethyl adjacent to an activating group) is 1. The van der Waals surface area contributed by atoms with E-state index in [0.717, 1.165) is 11.0 Å². The number of para-hydroxylation sites is 2. The van der Waals surface area contributed by atoms with Crippen LogP contribution in [0.25, 0.3) is 17.1 Å². The quantitative estimate of drug-likeness (QED) is 0.725. The van der Waals surface area contributed by atoms with Gasteiger partial charge in [-0.15, -0.1) is 0 Å². The van der Waals surface area contributed by atoms with Crippen LogP contribution in [0.15, 0.2) is 48.5 Å². The minimum atomic E-state index is -0.465. The molecule has 0 aliphatic heterocycles. The Hall–Kier alpha value is -3.15. The van der Waals surface area contributed by atoms with Crippen molar-refractivity contribution in [1.82, 2.24) is 14.9 Å². The van der Waals surface area contributed by atoms with Crippen LogP contribution < -0.4 is 4.74 Å². The molecular formula is C19H18FN3O2. The third kappa shape index (κ3) is 3.85. The molecule has 0 atom stereocenters. The largest absolute Gasteiger partial charge is 0.494 e. The number of halogens is 1. The summed E-state index contributed by atoms with van der Waals surface area (Å²) in [6, 6.07) is 12.2. The van der Waals surface area contributed by atoms with E-state index in [0.29, 0.717) is 17.9 Å². The van der Waals surface area contributed by atoms with E-state index in [1.807, 2.05) is 24.3 Å². The van der Waals surface area contributed by atoms with Gasteiger partial charge in [-0.05, 0) is 35.9 Å². The molecule has 1 amide bonds. The van der Waals surface area contributed by atoms with Crippen molar-refractivity contribution in [2.45, 2.75) is 6.54 Å². The lowest BCUT2D eigenvalue weighted by Crippen LogP contribution is -2.24. The number of fused-ring (bicyclic) bond motifs is 1. The lowest BCUT2D eigenvalue weighted by molar-refractivity contribution is -0.125. The minimum Gasteiger partial charge on any atom is -0.494 e. The van der Waals surface area contributed by atoms with Gasteiger partial charge in [0.2, 0.25) is 5.91 Å². The van der Waals surface area contributed by atoms with Gasteiger partial charge >= 0.3 is 0 Å². The molecule has 0 saturated heterocycles. The zero-order valence-corrected chi connectivity index (χ0v) is 14.0. The summed E-state index contributed by atoms with van der Waals surface area (Å²) in [5, 5.41) is 0. The molecule has 1 heterocycles. The molecule has 6 heteroatoms. The number of amides is 1. The molecular weight excluding hydrogens is 321 g/mol. The number of benzene rings is 2. The number of aromatic nitrogens is 2. The highest BCUT2D eigenvalue weighted by Crippen LogP contribution is 2.18. The van der Waals surface area contributed by atoms with Crippen molar-refractivity contribution >= 4 is 23.0 Å². The average Bonchev–Trinajstić information content (AvgIpc) is 3.01. The number of aromatic amines is 1. The number of imidazole rings is 1. The van der Waals surface area contributed by atoms with E-state index >= 15 is 0 Å². The Morgan fingerprint density at radius 3 is 2.84 bits per heavy atom. The third-order valence-corrected chi connectivity index (χ3v) is 3.80. The Bertz CT molecular complexity index is 900. The number of methoxy groups -OCH3 is 1. The second kappa shape index (κ2) is 7.17. The van der Waals surface area contributed by atoms with Crippen LogP contribution in [0.2, 0.25) is 0 Å². The molecule has 1 N–H and O–H groups in total. The van der Waals surface area contributed by atoms with Crippen molar-refractivity contribution in [3.05, 3.63) is 65.7 Å². The summed E-state index contributed by atoms with van der Waals surface area (Å²) in [4.78, 5) is 21.4. The maximum absolute atomic E-state index is 13.7. The average molecular weight is 339 g/mol. The fourth-order valence-corrected chi connectivity index (χ4v) is 2.46. The highest BCUT2D eigenvalue weighted by atomic mass is 19.1. The Kier molecular flexibility index (Phi) is 4.79. The van der Waals surface area contributed by atoms with Crippen molar-refractivity contribution in [2.75, 3.05) is 14.2 Å². The minimum absolute atomic E-state index is 0.172. The molecule has 0 unspecified atom stereocenters. The van der Waals surface area contributed by atoms with Crippen LogP contribution in [-0.2, 0) is 11.3 Å². The summed E-state index contributed by atoms with van der Waals surface area (Å²) in [5.41, 5.74) is 2.38. The van der Waals surface area contributed by atoms with Gasteiger partial charge in [0.15, 0.2) is 11.6 Å². The number of hydrogen-bond donors (Lipinski definition) is 1. The molecule has 0 fully saturated rings. The number of hydrogen-bond acceptors (Lipinski definition) is 3. The molecule has 0 radical (unpaired) electrons. The van der Waals surface area contributed by atoms with Crippen LogP contribution in [0.5, 0.6) is 5.75 Å². The summed E-state index contributed by atoms with van der Waals surface area (Å²) in [7, 11) is 3.10. The Balaban J connectivity index is 1.66. The molecule has 1 aromatic heterocycles. The van der Waals surface area contributed by atoms with E-state index in [1.165, 1.54) is 30.2 Å². The van der Waals surface area contributed by atoms with E-state index < -0.39 is 5.82 Å². The van der Waals surface area contributed by atoms with Crippen LogP contribution in [0.1, 0.15) is 11.4 Å². The highest BCUT2D eigenvalue weighted by molar-refractivity contribution is 5.91. The molecule has 0 spiro atoms. The van der Waals surface area contributed by atoms with Gasteiger partial charge in [0, 0.05) is 13.1 Å². The van der Waals surface area contributed by atoms with Crippen LogP contribution in [0.3, 0.4) is 0 Å². The van der Waals surface area contributed by atoms with E-state index in [-0.39, 0.29) is 11.7 Å². The van der Waals surface area contributed by atoms with Gasteiger partial charge < -0.3 is 14.6 Å². The summed E-state index contributed by atoms with van der Waals surface area (Å²) in [6.45, 7) is 0.356. The Morgan fingerprint density at radius 2 is 2.12 bits per heavy atom. The monoisotopic (exact) mass is 339 g/mol. The summed E-state index contributed by atoms with van der Waals surface area (Å²) >= 11 is 0. The van der Waals surface area contributed by atoms with E-state index in [4.69, 9.17) is 4.74 Å². The molecule has 0 saturated carbocycles. The van der Waals surface area contributed by atoms with Crippen molar-refractivity contribution < 1.29 is 13.9 Å². The van der Waals surface area contributed by atoms with Gasteiger partial charge in [0.1, 0.15) is 5.82 Å². The summed E-state index contributed by atoms with van der Waals surface area (Å²) in [5.74, 6) is 0.218. The van der Waals surface area contributed by atoms with Crippen LogP contribution >= 0.6 is 0 Å². The maximum atomic E-state index is 13.7. The summed E-state index contributed by atoms with van der Waals surface area (Å²) in [6.07, 6.45) is 2.98. The predicted molar refractivity (Wildman–Crippen MR) is 94.6 cm³/mol. The van der Waals surface area contributed by atoms with Gasteiger partial charge in [-0.25, -0.2) is 9.37 Å². The van der Waals surface area contributed by atoms with E-state index in [9.17, 15) is 9.18 Å². The van der Waals surface area contributed by atoms with Gasteiger partial charge in [0.25, 0.3) is 0 Å². The Morgan fingerprint density at radius 1 is 1.32 bits per heavy atom. The number of carbonyl (C=O) groups excluding carboxylic acids is 1. The standard InChI is InChI=1S/C19H18FN3O2/c1-23(12-18-21-15-5-3-4-6-16(15)22-18)19(24)10-8-13-7-9-17(25-2)14(20)11-13/h3-11H,12H2,1-2H3,(H,21,22). The number of H-pyrrole nitrogens is 1. The smallest absolute Gasteiger partial charge is 0.246 e. The van der Waals surface area contributed by atoms with Crippen LogP contribution in [0, 0.1) is 5.82 Å². The lowest BCUT2D eigenvalue weighted by Gasteiger charge is -2.13. The van der Waals surface area contributed by atoms with Gasteiger partial charge in [-0.2, -0.15) is 0 Å². The zero-order chi connectivity index (χ0) is 17.8. The first kappa shape index (κ1) is 16.7. The number of nitrogens with one attached hydrogen (secondary N) is 1. The first-order valence-corrected chi connectivity index (χ1v) is 7.77. The number of ether oxygens (including phenoxy) is 1. The van der Waals surface area contributed by atoms with E-state index in [2.05, 4.69) is 9.97 Å². The first-order valence-electron chi connectivity index (χ1n) is 7.77. The molecule has 3 rings (SSSR count). The normalized spacial score (nSPS) is 11.2. The summed E-state index contributed by atoms with van der Waals surface area (Å²) < 4.78 is 18.5. The fourth-order valence-electron chi connectivity index (χ4n) is 2.46. The van der Waals surface area contributed by atoms with Crippen LogP contribution in [-0.4, -0.2) is 34.9 Å². The molecule has 0 bridgehead atoms. The maximum Gasteiger partial charge on any atom is 0.246 e. The Labute approximate surface area is 144 Å². The zero-order valence-electron chi connectivity index (χ0n) is 14.0. The SMILES string of the molecule is COc1ccc(C=CC(=O)N(C)Cc2nc3ccccc3[nH]2)cc1F. The molecule has 25 heavy (non-hydrogen) atoms. The second-order valence-corrected chi connectivity index (χ2v) is 5.62. The van der Waals surface area contributed by atoms with Crippen molar-refractivity contribution in [2.24, 2.45) is 0 Å². The fraction of sp³-hybridized carbons (Fsp3) is 0.158. The van der Waals surface area contributed by atoms with Crippen molar-refractivity contribution in [3.63, 3.8) is 0 Å². The second-order valence-electron chi connectivity index (χ2n) is 5.62. The number of rotatable bonds is 5. The number of carbonyl (C=O) groups is 1. The molecule has 0 aliphatic rings. The van der Waals surface area contributed by atoms with E-state index in [1.54, 1.807) is 19.2 Å². The van der Waals surface area contributed by atoms with Crippen LogP contribution in [0.4, 0.5) is 4.39 Å². The third-order valence-electron chi connectivity index (χ3n) is 3.80. The van der Waals surface area contributed by atoms with Crippen molar-refractivity contribution in [1.29, 1.82) is 0 Å². The molecule has 3 aromatic rings. The molecule has 0 aliphatic carbocycles. The van der Waals surface area contributed by atoms with Crippen molar-refractivity contribution in [3.8, 4) is 5.75 Å². The van der Waals surface area contributed by atoms with Gasteiger partial charge in [0.05, 0.1) is 24.7 Å². The van der Waals surface area contributed by atoms with Gasteiger partial charge in [-0.1, -0.05) is 18.2 Å². The lowest BCUT2D eigenvalue weighted by atomic mass is 10.2. The van der Waals surface area contributed by atoms with Gasteiger partial charge in [-0.3, -0.25) is 4.79 Å².